The fraction of sp³-hybridized carbons (Fsp3) is 0.800. The number of nitrogens with zero attached hydrogens (tertiary/aromatic N) is 1. The van der Waals surface area contributed by atoms with Crippen molar-refractivity contribution in [3.8, 4) is 0 Å². The van der Waals surface area contributed by atoms with Crippen molar-refractivity contribution in [1.29, 1.82) is 0 Å². The van der Waals surface area contributed by atoms with Gasteiger partial charge in [-0.15, -0.1) is 0 Å². The highest BCUT2D eigenvalue weighted by molar-refractivity contribution is 8.14. The van der Waals surface area contributed by atoms with Crippen LogP contribution in [0.15, 0.2) is 4.99 Å². The lowest BCUT2D eigenvalue weighted by molar-refractivity contribution is -0.120. The molecule has 1 aliphatic carbocycles. The van der Waals surface area contributed by atoms with E-state index >= 15 is 0 Å². The number of rotatable bonds is 4. The van der Waals surface area contributed by atoms with Crippen molar-refractivity contribution in [2.24, 2.45) is 4.99 Å². The number of amides is 1. The molecule has 0 radical (unpaired) electrons. The second-order valence-corrected chi connectivity index (χ2v) is 5.28. The van der Waals surface area contributed by atoms with Gasteiger partial charge in [0.1, 0.15) is 0 Å². The van der Waals surface area contributed by atoms with Gasteiger partial charge >= 0.3 is 0 Å². The van der Waals surface area contributed by atoms with Gasteiger partial charge in [0.15, 0.2) is 5.17 Å². The summed E-state index contributed by atoms with van der Waals surface area (Å²) in [5.41, 5.74) is 0. The molecule has 15 heavy (non-hydrogen) atoms. The lowest BCUT2D eigenvalue weighted by Crippen LogP contribution is -2.36. The van der Waals surface area contributed by atoms with E-state index in [1.807, 2.05) is 0 Å². The van der Waals surface area contributed by atoms with Crippen LogP contribution in [-0.2, 0) is 4.79 Å². The third kappa shape index (κ3) is 3.41. The number of thioether (sulfide) groups is 1. The van der Waals surface area contributed by atoms with Crippen LogP contribution in [0, 0.1) is 0 Å². The monoisotopic (exact) mass is 227 g/mol. The molecule has 2 aliphatic rings. The summed E-state index contributed by atoms with van der Waals surface area (Å²) >= 11 is 1.75. The normalized spacial score (nSPS) is 24.9. The molecule has 0 bridgehead atoms. The van der Waals surface area contributed by atoms with Gasteiger partial charge in [-0.25, -0.2) is 0 Å². The largest absolute Gasteiger partial charge is 0.356 e. The maximum atomic E-state index is 11.4. The van der Waals surface area contributed by atoms with Crippen LogP contribution in [0.1, 0.15) is 26.2 Å². The Labute approximate surface area is 94.3 Å². The van der Waals surface area contributed by atoms with E-state index in [9.17, 15) is 4.79 Å². The van der Waals surface area contributed by atoms with E-state index in [-0.39, 0.29) is 5.91 Å². The Kier molecular flexibility index (Phi) is 3.51. The summed E-state index contributed by atoms with van der Waals surface area (Å²) < 4.78 is 0. The minimum atomic E-state index is 0.0840. The third-order valence-electron chi connectivity index (χ3n) is 2.51. The number of aliphatic imine (C=N–C) groups is 1. The SMILES string of the molecule is CCC1CN=C(NCC(=O)NC2CC2)S1. The summed E-state index contributed by atoms with van der Waals surface area (Å²) in [7, 11) is 0. The topological polar surface area (TPSA) is 53.5 Å². The Morgan fingerprint density at radius 3 is 3.00 bits per heavy atom. The smallest absolute Gasteiger partial charge is 0.239 e. The van der Waals surface area contributed by atoms with Crippen molar-refractivity contribution < 1.29 is 4.79 Å². The van der Waals surface area contributed by atoms with Gasteiger partial charge in [-0.2, -0.15) is 0 Å². The van der Waals surface area contributed by atoms with Crippen LogP contribution in [0.5, 0.6) is 0 Å². The zero-order valence-electron chi connectivity index (χ0n) is 8.95. The number of carbonyl (C=O) groups excluding carboxylic acids is 1. The molecule has 4 nitrogen and oxygen atoms in total. The Morgan fingerprint density at radius 2 is 2.40 bits per heavy atom. The molecule has 1 unspecified atom stereocenters. The average molecular weight is 227 g/mol. The molecule has 2 N–H and O–H groups in total. The van der Waals surface area contributed by atoms with E-state index in [0.717, 1.165) is 31.0 Å². The van der Waals surface area contributed by atoms with Gasteiger partial charge in [-0.1, -0.05) is 18.7 Å². The highest BCUT2D eigenvalue weighted by atomic mass is 32.2. The zero-order valence-corrected chi connectivity index (χ0v) is 9.77. The first-order chi connectivity index (χ1) is 7.28. The summed E-state index contributed by atoms with van der Waals surface area (Å²) in [6, 6.07) is 0.445. The van der Waals surface area contributed by atoms with Crippen molar-refractivity contribution in [3.63, 3.8) is 0 Å². The highest BCUT2D eigenvalue weighted by Crippen LogP contribution is 2.21. The molecule has 84 valence electrons. The summed E-state index contributed by atoms with van der Waals surface area (Å²) in [5, 5.41) is 7.54. The van der Waals surface area contributed by atoms with Gasteiger partial charge in [0.05, 0.1) is 13.1 Å². The van der Waals surface area contributed by atoms with Crippen molar-refractivity contribution >= 4 is 22.8 Å². The van der Waals surface area contributed by atoms with Crippen LogP contribution in [-0.4, -0.2) is 35.5 Å². The second-order valence-electron chi connectivity index (χ2n) is 3.99. The predicted octanol–water partition coefficient (Wildman–Crippen LogP) is 0.736. The molecule has 2 rings (SSSR count). The molecule has 0 saturated heterocycles. The van der Waals surface area contributed by atoms with E-state index in [4.69, 9.17) is 0 Å². The number of hydrogen-bond acceptors (Lipinski definition) is 4. The standard InChI is InChI=1S/C10H17N3OS/c1-2-8-5-11-10(15-8)12-6-9(14)13-7-3-4-7/h7-8H,2-6H2,1H3,(H,11,12)(H,13,14). The lowest BCUT2D eigenvalue weighted by Gasteiger charge is -2.07. The van der Waals surface area contributed by atoms with Crippen molar-refractivity contribution in [2.75, 3.05) is 13.1 Å². The van der Waals surface area contributed by atoms with Crippen molar-refractivity contribution in [1.82, 2.24) is 10.6 Å². The van der Waals surface area contributed by atoms with E-state index in [1.54, 1.807) is 11.8 Å². The molecule has 1 aliphatic heterocycles. The maximum Gasteiger partial charge on any atom is 0.239 e. The predicted molar refractivity (Wildman–Crippen MR) is 63.1 cm³/mol. The summed E-state index contributed by atoms with van der Waals surface area (Å²) in [6.07, 6.45) is 3.41. The molecule has 0 spiro atoms. The van der Waals surface area contributed by atoms with Gasteiger partial charge in [0, 0.05) is 11.3 Å². The number of hydrogen-bond donors (Lipinski definition) is 2. The van der Waals surface area contributed by atoms with Crippen LogP contribution in [0.25, 0.3) is 0 Å². The number of carbonyl (C=O) groups is 1. The van der Waals surface area contributed by atoms with E-state index in [2.05, 4.69) is 22.5 Å². The first-order valence-corrected chi connectivity index (χ1v) is 6.40. The average Bonchev–Trinajstić information content (AvgIpc) is 2.92. The highest BCUT2D eigenvalue weighted by Gasteiger charge is 2.23. The van der Waals surface area contributed by atoms with Crippen molar-refractivity contribution in [3.05, 3.63) is 0 Å². The molecule has 1 saturated carbocycles. The van der Waals surface area contributed by atoms with Gasteiger partial charge < -0.3 is 10.6 Å². The van der Waals surface area contributed by atoms with Crippen LogP contribution >= 0.6 is 11.8 Å². The second kappa shape index (κ2) is 4.88. The van der Waals surface area contributed by atoms with E-state index in [1.165, 1.54) is 0 Å². The minimum Gasteiger partial charge on any atom is -0.356 e. The zero-order chi connectivity index (χ0) is 10.7. The molecule has 1 heterocycles. The van der Waals surface area contributed by atoms with E-state index in [0.29, 0.717) is 17.8 Å². The molecule has 0 aromatic heterocycles. The quantitative estimate of drug-likeness (QED) is 0.744. The molecule has 1 amide bonds. The van der Waals surface area contributed by atoms with Gasteiger partial charge in [-0.05, 0) is 19.3 Å². The summed E-state index contributed by atoms with van der Waals surface area (Å²) in [6.45, 7) is 3.41. The first-order valence-electron chi connectivity index (χ1n) is 5.52. The lowest BCUT2D eigenvalue weighted by atomic mass is 10.3. The molecule has 1 atom stereocenters. The molecule has 0 aromatic rings. The molecular formula is C10H17N3OS. The summed E-state index contributed by atoms with van der Waals surface area (Å²) in [5.74, 6) is 0.0840. The summed E-state index contributed by atoms with van der Waals surface area (Å²) in [4.78, 5) is 15.7. The first kappa shape index (κ1) is 10.8. The Morgan fingerprint density at radius 1 is 1.60 bits per heavy atom. The molecular weight excluding hydrogens is 210 g/mol. The van der Waals surface area contributed by atoms with Crippen LogP contribution in [0.4, 0.5) is 0 Å². The van der Waals surface area contributed by atoms with Crippen LogP contribution in [0.2, 0.25) is 0 Å². The van der Waals surface area contributed by atoms with Gasteiger partial charge in [-0.3, -0.25) is 9.79 Å². The molecule has 5 heteroatoms. The van der Waals surface area contributed by atoms with Crippen LogP contribution < -0.4 is 10.6 Å². The number of amidine groups is 1. The molecule has 0 aromatic carbocycles. The van der Waals surface area contributed by atoms with Crippen molar-refractivity contribution in [2.45, 2.75) is 37.5 Å². The fourth-order valence-electron chi connectivity index (χ4n) is 1.39. The Bertz CT molecular complexity index is 276. The van der Waals surface area contributed by atoms with Gasteiger partial charge in [0.2, 0.25) is 5.91 Å². The van der Waals surface area contributed by atoms with E-state index < -0.39 is 0 Å². The Hall–Kier alpha value is -0.710. The molecule has 1 fully saturated rings. The minimum absolute atomic E-state index is 0.0840. The fourth-order valence-corrected chi connectivity index (χ4v) is 2.33. The third-order valence-corrected chi connectivity index (χ3v) is 3.83. The van der Waals surface area contributed by atoms with Crippen LogP contribution in [0.3, 0.4) is 0 Å². The van der Waals surface area contributed by atoms with Gasteiger partial charge in [0.25, 0.3) is 0 Å². The maximum absolute atomic E-state index is 11.4. The Balaban J connectivity index is 1.63. The number of nitrogens with one attached hydrogen (secondary N) is 2.